The molecule has 1 aromatic rings. The summed E-state index contributed by atoms with van der Waals surface area (Å²) in [5.74, 6) is -0.333. The lowest BCUT2D eigenvalue weighted by Crippen LogP contribution is -2.37. The number of carbonyl (C=O) groups excluding carboxylic acids is 2. The molecule has 4 nitrogen and oxygen atoms in total. The summed E-state index contributed by atoms with van der Waals surface area (Å²) in [6.45, 7) is 1.52. The van der Waals surface area contributed by atoms with Crippen molar-refractivity contribution >= 4 is 11.8 Å². The number of ketones is 1. The number of methoxy groups -OCH3 is 1. The van der Waals surface area contributed by atoms with Crippen LogP contribution in [0.25, 0.3) is 0 Å². The Labute approximate surface area is 118 Å². The van der Waals surface area contributed by atoms with Crippen LogP contribution in [0.2, 0.25) is 0 Å². The molecule has 0 heterocycles. The number of benzene rings is 1. The Bertz CT molecular complexity index is 600. The van der Waals surface area contributed by atoms with Gasteiger partial charge in [0, 0.05) is 5.56 Å². The van der Waals surface area contributed by atoms with E-state index in [1.807, 2.05) is 18.2 Å². The highest BCUT2D eigenvalue weighted by atomic mass is 16.5. The lowest BCUT2D eigenvalue weighted by molar-refractivity contribution is -0.153. The van der Waals surface area contributed by atoms with Gasteiger partial charge < -0.3 is 4.74 Å². The molecule has 104 valence electrons. The van der Waals surface area contributed by atoms with Crippen LogP contribution in [0.5, 0.6) is 0 Å². The second kappa shape index (κ2) is 5.46. The molecule has 2 rings (SSSR count). The number of esters is 1. The summed E-state index contributed by atoms with van der Waals surface area (Å²) in [4.78, 5) is 23.5. The summed E-state index contributed by atoms with van der Waals surface area (Å²) in [5, 5.41) is 9.01. The molecule has 0 amide bonds. The molecular weight excluding hydrogens is 254 g/mol. The third-order valence-corrected chi connectivity index (χ3v) is 4.05. The zero-order valence-electron chi connectivity index (χ0n) is 11.7. The van der Waals surface area contributed by atoms with Crippen molar-refractivity contribution < 1.29 is 14.3 Å². The molecule has 0 radical (unpaired) electrons. The molecule has 0 fully saturated rings. The van der Waals surface area contributed by atoms with E-state index in [1.54, 1.807) is 0 Å². The number of aryl methyl sites for hydroxylation is 1. The van der Waals surface area contributed by atoms with Crippen LogP contribution in [0.3, 0.4) is 0 Å². The molecule has 1 unspecified atom stereocenters. The normalized spacial score (nSPS) is 20.6. The first-order chi connectivity index (χ1) is 9.52. The quantitative estimate of drug-likeness (QED) is 0.625. The standard InChI is InChI=1S/C16H17NO3/c1-11(18)13-4-3-12-5-6-16(7-8-17,15(19)20-2)10-14(12)9-13/h3-4,9H,5-7,10H2,1-2H3. The van der Waals surface area contributed by atoms with Crippen LogP contribution < -0.4 is 0 Å². The van der Waals surface area contributed by atoms with Crippen LogP contribution in [0.15, 0.2) is 18.2 Å². The summed E-state index contributed by atoms with van der Waals surface area (Å²) < 4.78 is 4.88. The molecule has 1 atom stereocenters. The molecule has 0 spiro atoms. The molecule has 1 aliphatic carbocycles. The van der Waals surface area contributed by atoms with Crippen LogP contribution in [-0.2, 0) is 22.4 Å². The van der Waals surface area contributed by atoms with E-state index in [-0.39, 0.29) is 18.2 Å². The van der Waals surface area contributed by atoms with Gasteiger partial charge in [0.25, 0.3) is 0 Å². The monoisotopic (exact) mass is 271 g/mol. The topological polar surface area (TPSA) is 67.2 Å². The summed E-state index contributed by atoms with van der Waals surface area (Å²) >= 11 is 0. The minimum Gasteiger partial charge on any atom is -0.469 e. The van der Waals surface area contributed by atoms with Crippen molar-refractivity contribution in [3.8, 4) is 6.07 Å². The highest BCUT2D eigenvalue weighted by molar-refractivity contribution is 5.94. The van der Waals surface area contributed by atoms with E-state index >= 15 is 0 Å². The lowest BCUT2D eigenvalue weighted by Gasteiger charge is -2.34. The summed E-state index contributed by atoms with van der Waals surface area (Å²) in [5.41, 5.74) is 1.99. The number of ether oxygens (including phenoxy) is 1. The van der Waals surface area contributed by atoms with E-state index in [0.717, 1.165) is 17.5 Å². The molecule has 1 aliphatic rings. The Morgan fingerprint density at radius 2 is 2.15 bits per heavy atom. The maximum absolute atomic E-state index is 12.1. The van der Waals surface area contributed by atoms with Crippen LogP contribution in [0, 0.1) is 16.7 Å². The fourth-order valence-electron chi connectivity index (χ4n) is 2.85. The Balaban J connectivity index is 2.41. The number of nitrogens with zero attached hydrogens (tertiary/aromatic N) is 1. The van der Waals surface area contributed by atoms with Crippen LogP contribution >= 0.6 is 0 Å². The van der Waals surface area contributed by atoms with Gasteiger partial charge in [-0.1, -0.05) is 12.1 Å². The maximum atomic E-state index is 12.1. The molecule has 1 aromatic carbocycles. The highest BCUT2D eigenvalue weighted by Crippen LogP contribution is 2.39. The average molecular weight is 271 g/mol. The second-order valence-electron chi connectivity index (χ2n) is 5.32. The van der Waals surface area contributed by atoms with Crippen LogP contribution in [0.1, 0.15) is 41.3 Å². The summed E-state index contributed by atoms with van der Waals surface area (Å²) in [6, 6.07) is 7.69. The van der Waals surface area contributed by atoms with E-state index in [9.17, 15) is 9.59 Å². The number of Topliss-reactive ketones (excluding diaryl/α,β-unsaturated/α-hetero) is 1. The number of hydrogen-bond donors (Lipinski definition) is 0. The SMILES string of the molecule is COC(=O)C1(CC#N)CCc2ccc(C(C)=O)cc2C1. The van der Waals surface area contributed by atoms with E-state index in [4.69, 9.17) is 10.00 Å². The first kappa shape index (κ1) is 14.3. The van der Waals surface area contributed by atoms with Crippen molar-refractivity contribution in [3.63, 3.8) is 0 Å². The fraction of sp³-hybridized carbons (Fsp3) is 0.438. The largest absolute Gasteiger partial charge is 0.469 e. The predicted molar refractivity (Wildman–Crippen MR) is 73.2 cm³/mol. The van der Waals surface area contributed by atoms with Gasteiger partial charge in [0.15, 0.2) is 5.78 Å². The molecule has 0 aromatic heterocycles. The van der Waals surface area contributed by atoms with Crippen molar-refractivity contribution in [2.75, 3.05) is 7.11 Å². The molecule has 0 N–H and O–H groups in total. The number of nitriles is 1. The van der Waals surface area contributed by atoms with Crippen molar-refractivity contribution in [2.45, 2.75) is 32.6 Å². The van der Waals surface area contributed by atoms with Gasteiger partial charge in [-0.15, -0.1) is 0 Å². The third kappa shape index (κ3) is 2.44. The molecule has 4 heteroatoms. The van der Waals surface area contributed by atoms with Gasteiger partial charge in [-0.05, 0) is 43.4 Å². The molecule has 0 saturated heterocycles. The summed E-state index contributed by atoms with van der Waals surface area (Å²) in [7, 11) is 1.35. The van der Waals surface area contributed by atoms with Crippen molar-refractivity contribution in [1.29, 1.82) is 5.26 Å². The minimum atomic E-state index is -0.772. The van der Waals surface area contributed by atoms with Gasteiger partial charge in [0.05, 0.1) is 25.0 Å². The molecule has 20 heavy (non-hydrogen) atoms. The Morgan fingerprint density at radius 1 is 1.40 bits per heavy atom. The van der Waals surface area contributed by atoms with Crippen LogP contribution in [0.4, 0.5) is 0 Å². The lowest BCUT2D eigenvalue weighted by atomic mass is 9.69. The Hall–Kier alpha value is -2.15. The van der Waals surface area contributed by atoms with E-state index in [0.29, 0.717) is 18.4 Å². The van der Waals surface area contributed by atoms with E-state index in [1.165, 1.54) is 14.0 Å². The predicted octanol–water partition coefficient (Wildman–Crippen LogP) is 2.45. The van der Waals surface area contributed by atoms with Crippen molar-refractivity contribution in [1.82, 2.24) is 0 Å². The van der Waals surface area contributed by atoms with Gasteiger partial charge in [0.2, 0.25) is 0 Å². The summed E-state index contributed by atoms with van der Waals surface area (Å²) in [6.07, 6.45) is 1.94. The van der Waals surface area contributed by atoms with Gasteiger partial charge in [-0.2, -0.15) is 5.26 Å². The number of hydrogen-bond acceptors (Lipinski definition) is 4. The molecular formula is C16H17NO3. The zero-order valence-corrected chi connectivity index (χ0v) is 11.7. The smallest absolute Gasteiger partial charge is 0.313 e. The van der Waals surface area contributed by atoms with E-state index in [2.05, 4.69) is 6.07 Å². The van der Waals surface area contributed by atoms with Gasteiger partial charge in [0.1, 0.15) is 0 Å². The third-order valence-electron chi connectivity index (χ3n) is 4.05. The second-order valence-corrected chi connectivity index (χ2v) is 5.32. The molecule has 0 aliphatic heterocycles. The number of fused-ring (bicyclic) bond motifs is 1. The maximum Gasteiger partial charge on any atom is 0.313 e. The van der Waals surface area contributed by atoms with Gasteiger partial charge in [-0.25, -0.2) is 0 Å². The highest BCUT2D eigenvalue weighted by Gasteiger charge is 2.42. The van der Waals surface area contributed by atoms with Gasteiger partial charge in [-0.3, -0.25) is 9.59 Å². The van der Waals surface area contributed by atoms with Crippen LogP contribution in [-0.4, -0.2) is 18.9 Å². The Morgan fingerprint density at radius 3 is 2.75 bits per heavy atom. The number of carbonyl (C=O) groups is 2. The van der Waals surface area contributed by atoms with Crippen molar-refractivity contribution in [2.24, 2.45) is 5.41 Å². The van der Waals surface area contributed by atoms with Crippen molar-refractivity contribution in [3.05, 3.63) is 34.9 Å². The molecule has 0 bridgehead atoms. The minimum absolute atomic E-state index is 0.00215. The zero-order chi connectivity index (χ0) is 14.8. The van der Waals surface area contributed by atoms with E-state index < -0.39 is 5.41 Å². The first-order valence-corrected chi connectivity index (χ1v) is 6.60. The Kier molecular flexibility index (Phi) is 3.89. The van der Waals surface area contributed by atoms with Gasteiger partial charge >= 0.3 is 5.97 Å². The number of rotatable bonds is 3. The average Bonchev–Trinajstić information content (AvgIpc) is 2.45. The molecule has 0 saturated carbocycles. The first-order valence-electron chi connectivity index (χ1n) is 6.60. The fourth-order valence-corrected chi connectivity index (χ4v) is 2.85.